The van der Waals surface area contributed by atoms with E-state index < -0.39 is 5.82 Å². The average molecular weight is 317 g/mol. The first-order valence-corrected chi connectivity index (χ1v) is 7.03. The Labute approximate surface area is 130 Å². The molecule has 1 fully saturated rings. The number of rotatable bonds is 5. The predicted molar refractivity (Wildman–Crippen MR) is 83.7 cm³/mol. The van der Waals surface area contributed by atoms with Gasteiger partial charge in [-0.25, -0.2) is 4.39 Å². The Balaban J connectivity index is 0.00000220. The first kappa shape index (κ1) is 17.7. The van der Waals surface area contributed by atoms with Crippen molar-refractivity contribution in [1.29, 1.82) is 0 Å². The molecule has 1 aromatic carbocycles. The lowest BCUT2D eigenvalue weighted by atomic mass is 9.93. The van der Waals surface area contributed by atoms with Crippen LogP contribution in [-0.4, -0.2) is 26.1 Å². The largest absolute Gasteiger partial charge is 0.494 e. The molecule has 2 N–H and O–H groups in total. The third-order valence-corrected chi connectivity index (χ3v) is 3.67. The maximum atomic E-state index is 13.3. The monoisotopic (exact) mass is 316 g/mol. The van der Waals surface area contributed by atoms with E-state index in [0.717, 1.165) is 32.4 Å². The highest BCUT2D eigenvalue weighted by Gasteiger charge is 2.14. The molecular weight excluding hydrogens is 295 g/mol. The van der Waals surface area contributed by atoms with E-state index in [1.807, 2.05) is 0 Å². The summed E-state index contributed by atoms with van der Waals surface area (Å²) in [6.45, 7) is 2.09. The fourth-order valence-corrected chi connectivity index (χ4v) is 2.47. The molecule has 1 aliphatic rings. The Bertz CT molecular complexity index is 465. The lowest BCUT2D eigenvalue weighted by molar-refractivity contribution is -0.116. The number of amides is 1. The highest BCUT2D eigenvalue weighted by molar-refractivity contribution is 5.90. The molecule has 0 bridgehead atoms. The number of piperidine rings is 1. The summed E-state index contributed by atoms with van der Waals surface area (Å²) in [5.74, 6) is 0.309. The van der Waals surface area contributed by atoms with Crippen LogP contribution in [0.2, 0.25) is 0 Å². The Morgan fingerprint density at radius 2 is 2.14 bits per heavy atom. The van der Waals surface area contributed by atoms with E-state index in [9.17, 15) is 9.18 Å². The molecule has 0 aliphatic carbocycles. The van der Waals surface area contributed by atoms with Crippen molar-refractivity contribution in [1.82, 2.24) is 5.32 Å². The van der Waals surface area contributed by atoms with Crippen LogP contribution in [0.3, 0.4) is 0 Å². The molecule has 0 aromatic heterocycles. The molecule has 0 atom stereocenters. The Morgan fingerprint density at radius 1 is 1.43 bits per heavy atom. The number of nitrogens with one attached hydrogen (secondary N) is 2. The minimum Gasteiger partial charge on any atom is -0.494 e. The van der Waals surface area contributed by atoms with Crippen molar-refractivity contribution in [3.05, 3.63) is 24.0 Å². The second-order valence-corrected chi connectivity index (χ2v) is 5.13. The van der Waals surface area contributed by atoms with Crippen LogP contribution in [0.4, 0.5) is 10.1 Å². The van der Waals surface area contributed by atoms with Crippen LogP contribution >= 0.6 is 12.4 Å². The summed E-state index contributed by atoms with van der Waals surface area (Å²) in [5.41, 5.74) is 0.568. The molecule has 6 heteroatoms. The number of halogens is 2. The Kier molecular flexibility index (Phi) is 7.47. The van der Waals surface area contributed by atoms with Crippen LogP contribution < -0.4 is 15.4 Å². The van der Waals surface area contributed by atoms with Crippen molar-refractivity contribution in [3.63, 3.8) is 0 Å². The van der Waals surface area contributed by atoms with Crippen molar-refractivity contribution in [3.8, 4) is 5.75 Å². The molecular formula is C15H22ClFN2O2. The molecule has 1 aliphatic heterocycles. The second-order valence-electron chi connectivity index (χ2n) is 5.13. The van der Waals surface area contributed by atoms with Crippen LogP contribution in [0.5, 0.6) is 5.75 Å². The lowest BCUT2D eigenvalue weighted by Gasteiger charge is -2.22. The number of carbonyl (C=O) groups excluding carboxylic acids is 1. The summed E-state index contributed by atoms with van der Waals surface area (Å²) in [5, 5.41) is 6.09. The topological polar surface area (TPSA) is 50.4 Å². The smallest absolute Gasteiger partial charge is 0.224 e. The van der Waals surface area contributed by atoms with Gasteiger partial charge in [-0.15, -0.1) is 12.4 Å². The van der Waals surface area contributed by atoms with Gasteiger partial charge in [0.25, 0.3) is 0 Å². The van der Waals surface area contributed by atoms with Crippen molar-refractivity contribution in [2.24, 2.45) is 5.92 Å². The summed E-state index contributed by atoms with van der Waals surface area (Å²) in [6, 6.07) is 4.33. The number of hydrogen-bond donors (Lipinski definition) is 2. The molecule has 0 spiro atoms. The predicted octanol–water partition coefficient (Wildman–Crippen LogP) is 2.97. The SMILES string of the molecule is COc1cc(NC(=O)CCC2CCNCC2)ccc1F.Cl. The highest BCUT2D eigenvalue weighted by Crippen LogP contribution is 2.22. The first-order valence-electron chi connectivity index (χ1n) is 7.03. The number of benzene rings is 1. The van der Waals surface area contributed by atoms with E-state index in [4.69, 9.17) is 4.74 Å². The van der Waals surface area contributed by atoms with Gasteiger partial charge in [-0.3, -0.25) is 4.79 Å². The molecule has 1 heterocycles. The Hall–Kier alpha value is -1.33. The first-order chi connectivity index (χ1) is 9.69. The van der Waals surface area contributed by atoms with Crippen LogP contribution in [0, 0.1) is 11.7 Å². The molecule has 1 amide bonds. The molecule has 118 valence electrons. The zero-order chi connectivity index (χ0) is 14.4. The van der Waals surface area contributed by atoms with Gasteiger partial charge in [0.2, 0.25) is 5.91 Å². The van der Waals surface area contributed by atoms with Gasteiger partial charge in [0.1, 0.15) is 0 Å². The van der Waals surface area contributed by atoms with Gasteiger partial charge in [0, 0.05) is 18.2 Å². The van der Waals surface area contributed by atoms with Crippen molar-refractivity contribution in [2.75, 3.05) is 25.5 Å². The van der Waals surface area contributed by atoms with Crippen molar-refractivity contribution in [2.45, 2.75) is 25.7 Å². The maximum Gasteiger partial charge on any atom is 0.224 e. The summed E-state index contributed by atoms with van der Waals surface area (Å²) >= 11 is 0. The van der Waals surface area contributed by atoms with Gasteiger partial charge in [-0.1, -0.05) is 0 Å². The van der Waals surface area contributed by atoms with Crippen LogP contribution in [-0.2, 0) is 4.79 Å². The Morgan fingerprint density at radius 3 is 2.81 bits per heavy atom. The molecule has 0 unspecified atom stereocenters. The molecule has 1 aromatic rings. The molecule has 0 saturated carbocycles. The number of ether oxygens (including phenoxy) is 1. The fraction of sp³-hybridized carbons (Fsp3) is 0.533. The summed E-state index contributed by atoms with van der Waals surface area (Å²) < 4.78 is 18.1. The van der Waals surface area contributed by atoms with Gasteiger partial charge >= 0.3 is 0 Å². The van der Waals surface area contributed by atoms with Gasteiger partial charge in [0.05, 0.1) is 7.11 Å². The molecule has 21 heavy (non-hydrogen) atoms. The third-order valence-electron chi connectivity index (χ3n) is 3.67. The minimum atomic E-state index is -0.430. The number of carbonyl (C=O) groups is 1. The molecule has 2 rings (SSSR count). The lowest BCUT2D eigenvalue weighted by Crippen LogP contribution is -2.28. The standard InChI is InChI=1S/C15H21FN2O2.ClH/c1-20-14-10-12(3-4-13(14)16)18-15(19)5-2-11-6-8-17-9-7-11;/h3-4,10-11,17H,2,5-9H2,1H3,(H,18,19);1H. The summed E-state index contributed by atoms with van der Waals surface area (Å²) in [4.78, 5) is 11.9. The summed E-state index contributed by atoms with van der Waals surface area (Å²) in [6.07, 6.45) is 3.69. The van der Waals surface area contributed by atoms with E-state index in [-0.39, 0.29) is 24.1 Å². The normalized spacial score (nSPS) is 15.1. The van der Waals surface area contributed by atoms with E-state index in [2.05, 4.69) is 10.6 Å². The van der Waals surface area contributed by atoms with E-state index in [1.165, 1.54) is 19.2 Å². The van der Waals surface area contributed by atoms with Crippen molar-refractivity contribution < 1.29 is 13.9 Å². The van der Waals surface area contributed by atoms with Gasteiger partial charge in [-0.05, 0) is 50.4 Å². The third kappa shape index (κ3) is 5.52. The highest BCUT2D eigenvalue weighted by atomic mass is 35.5. The van der Waals surface area contributed by atoms with Crippen molar-refractivity contribution >= 4 is 24.0 Å². The van der Waals surface area contributed by atoms with E-state index in [0.29, 0.717) is 18.0 Å². The zero-order valence-electron chi connectivity index (χ0n) is 12.2. The number of anilines is 1. The van der Waals surface area contributed by atoms with E-state index >= 15 is 0 Å². The quantitative estimate of drug-likeness (QED) is 0.878. The van der Waals surface area contributed by atoms with Gasteiger partial charge < -0.3 is 15.4 Å². The minimum absolute atomic E-state index is 0. The molecule has 1 saturated heterocycles. The summed E-state index contributed by atoms with van der Waals surface area (Å²) in [7, 11) is 1.40. The van der Waals surface area contributed by atoms with Crippen LogP contribution in [0.25, 0.3) is 0 Å². The number of hydrogen-bond acceptors (Lipinski definition) is 3. The second kappa shape index (κ2) is 8.85. The van der Waals surface area contributed by atoms with Gasteiger partial charge in [-0.2, -0.15) is 0 Å². The molecule has 0 radical (unpaired) electrons. The zero-order valence-corrected chi connectivity index (χ0v) is 13.0. The van der Waals surface area contributed by atoms with Crippen LogP contribution in [0.1, 0.15) is 25.7 Å². The number of methoxy groups -OCH3 is 1. The average Bonchev–Trinajstić information content (AvgIpc) is 2.48. The fourth-order valence-electron chi connectivity index (χ4n) is 2.47. The van der Waals surface area contributed by atoms with E-state index in [1.54, 1.807) is 6.07 Å². The molecule has 4 nitrogen and oxygen atoms in total. The maximum absolute atomic E-state index is 13.3. The van der Waals surface area contributed by atoms with Crippen LogP contribution in [0.15, 0.2) is 18.2 Å². The van der Waals surface area contributed by atoms with Gasteiger partial charge in [0.15, 0.2) is 11.6 Å².